The number of carbonyl (C=O) groups excluding carboxylic acids is 8. The molecule has 0 spiro atoms. The summed E-state index contributed by atoms with van der Waals surface area (Å²) in [6.45, 7) is 25.5. The maximum atomic E-state index is 13.0. The summed E-state index contributed by atoms with van der Waals surface area (Å²) in [6, 6.07) is 27.6. The van der Waals surface area contributed by atoms with E-state index in [-0.39, 0.29) is 195 Å². The second kappa shape index (κ2) is 50.3. The third-order valence-corrected chi connectivity index (χ3v) is 13.1. The number of rotatable bonds is 27. The standard InChI is InChI=1S/C32H44ClN3O8.C19H20ClNO4.C14H26ClNO4.CH3F.CH2O3.2Cs.H/c1-21(2)27(42-30(40)36(8)20-19-35-29(39)44-31(3,4)5)41-28(38)32(6,7)43-25-15-9-22(10-16-25)17-18-34-26(37)23-11-13-24(33)14-12-23;1-19(2,18(23)24)25-16-9-3-13(4-10-16)11-12-21-17(22)14-5-7-15(20)8-6-14;1-10(2)12(15)19-13(18)16(6)9-7-8-11(17)20-14(3,4)5;1-2;2-1-4-3;;;/h9-16,21,27H,17-20H2,1-8H3,(H,34,37)(H,35,39);3-10H,11-12H2,1-2H3,(H,21,22)(H,23,24);10,12H,7-9H2,1-6H3;1H3;1,3H;;;/q;;;;;2*+1;-1/p-1/i;;;1D;;;;. The Morgan fingerprint density at radius 2 is 1.00 bits per heavy atom. The Hall–Kier alpha value is -4.03. The summed E-state index contributed by atoms with van der Waals surface area (Å²) in [6.07, 6.45) is -0.921. The number of alkyl halides is 2. The van der Waals surface area contributed by atoms with Crippen LogP contribution in [0.1, 0.15) is 144 Å². The van der Waals surface area contributed by atoms with Crippen LogP contribution in [0.4, 0.5) is 18.8 Å². The van der Waals surface area contributed by atoms with E-state index in [9.17, 15) is 42.7 Å². The number of hydrogen-bond donors (Lipinski definition) is 4. The number of aliphatic carboxylic acids is 1. The molecule has 0 aliphatic heterocycles. The number of nitrogens with zero attached hydrogens (tertiary/aromatic N) is 2. The number of amides is 5. The van der Waals surface area contributed by atoms with Gasteiger partial charge in [-0.2, -0.15) is 0 Å². The van der Waals surface area contributed by atoms with E-state index in [0.717, 1.165) is 11.1 Å². The summed E-state index contributed by atoms with van der Waals surface area (Å²) in [5.74, 6) is -1.71. The van der Waals surface area contributed by atoms with Crippen molar-refractivity contribution in [2.45, 2.75) is 157 Å². The normalized spacial score (nSPS) is 11.4. The number of esters is 2. The van der Waals surface area contributed by atoms with Crippen LogP contribution in [0.15, 0.2) is 97.1 Å². The van der Waals surface area contributed by atoms with Crippen molar-refractivity contribution in [3.63, 3.8) is 0 Å². The molecule has 0 bridgehead atoms. The smallest absolute Gasteiger partial charge is 1.00 e. The number of halogens is 4. The van der Waals surface area contributed by atoms with Crippen LogP contribution in [-0.4, -0.2) is 158 Å². The van der Waals surface area contributed by atoms with E-state index in [4.69, 9.17) is 84.5 Å². The van der Waals surface area contributed by atoms with Gasteiger partial charge < -0.3 is 75.6 Å². The van der Waals surface area contributed by atoms with E-state index in [1.807, 2.05) is 58.9 Å². The molecule has 0 fully saturated rings. The van der Waals surface area contributed by atoms with Crippen LogP contribution in [-0.2, 0) is 60.6 Å². The molecule has 5 amide bonds. The number of carboxylic acid groups (broad SMARTS) is 1. The summed E-state index contributed by atoms with van der Waals surface area (Å²) >= 11 is 17.5. The van der Waals surface area contributed by atoms with E-state index in [1.54, 1.807) is 128 Å². The number of carbonyl (C=O) groups is 9. The molecule has 532 valence electrons. The Morgan fingerprint density at radius 1 is 0.608 bits per heavy atom. The molecule has 0 aliphatic rings. The zero-order valence-electron chi connectivity index (χ0n) is 60.9. The van der Waals surface area contributed by atoms with Crippen LogP contribution >= 0.6 is 34.8 Å². The molecule has 0 saturated carbocycles. The van der Waals surface area contributed by atoms with Gasteiger partial charge in [-0.1, -0.05) is 86.8 Å². The van der Waals surface area contributed by atoms with Crippen molar-refractivity contribution >= 4 is 89.3 Å². The maximum Gasteiger partial charge on any atom is 1.00 e. The Balaban J connectivity index is -0.000000695. The van der Waals surface area contributed by atoms with Gasteiger partial charge in [-0.05, 0) is 172 Å². The molecular weight excluding hydrogens is 1570 g/mol. The Labute approximate surface area is 705 Å². The van der Waals surface area contributed by atoms with E-state index >= 15 is 0 Å². The Kier molecular flexibility index (Phi) is 49.3. The minimum atomic E-state index is -1.39. The van der Waals surface area contributed by atoms with Crippen molar-refractivity contribution in [3.05, 3.63) is 129 Å². The van der Waals surface area contributed by atoms with E-state index in [2.05, 4.69) is 20.8 Å². The average Bonchev–Trinajstić information content (AvgIpc) is 0.852. The first kappa shape index (κ1) is 95.0. The molecule has 2 unspecified atom stereocenters. The fourth-order valence-electron chi connectivity index (χ4n) is 6.90. The fourth-order valence-corrected chi connectivity index (χ4v) is 7.23. The van der Waals surface area contributed by atoms with Crippen molar-refractivity contribution < 1.29 is 237 Å². The zero-order chi connectivity index (χ0) is 73.6. The maximum absolute atomic E-state index is 13.0. The van der Waals surface area contributed by atoms with Gasteiger partial charge in [0.05, 0.1) is 8.52 Å². The van der Waals surface area contributed by atoms with E-state index in [1.165, 1.54) is 30.7 Å². The van der Waals surface area contributed by atoms with Crippen LogP contribution in [0.5, 0.6) is 11.5 Å². The predicted molar refractivity (Wildman–Crippen MR) is 357 cm³/mol. The summed E-state index contributed by atoms with van der Waals surface area (Å²) in [4.78, 5) is 110. The van der Waals surface area contributed by atoms with Gasteiger partial charge >= 0.3 is 174 Å². The molecule has 4 rings (SSSR count). The van der Waals surface area contributed by atoms with Crippen LogP contribution < -0.4 is 168 Å². The number of benzene rings is 4. The molecule has 4 N–H and O–H groups in total. The number of likely N-dealkylation sites (N-methyl/N-ethyl adjacent to an activating group) is 1. The summed E-state index contributed by atoms with van der Waals surface area (Å²) in [5, 5.41) is 26.9. The van der Waals surface area contributed by atoms with Gasteiger partial charge in [0.25, 0.3) is 24.6 Å². The van der Waals surface area contributed by atoms with Crippen LogP contribution in [0.25, 0.3) is 0 Å². The Bertz CT molecular complexity index is 3030. The number of nitrogens with one attached hydrogen (secondary N) is 3. The Morgan fingerprint density at radius 3 is 1.37 bits per heavy atom. The van der Waals surface area contributed by atoms with Crippen molar-refractivity contribution in [1.29, 1.82) is 0 Å². The second-order valence-electron chi connectivity index (χ2n) is 24.4. The summed E-state index contributed by atoms with van der Waals surface area (Å²) in [7, 11) is 2.12. The number of ether oxygens (including phenoxy) is 7. The molecule has 0 aromatic heterocycles. The summed E-state index contributed by atoms with van der Waals surface area (Å²) < 4.78 is 53.2. The number of hydrogen-bond acceptors (Lipinski definition) is 18. The van der Waals surface area contributed by atoms with Crippen LogP contribution in [0.2, 0.25) is 10.0 Å². The van der Waals surface area contributed by atoms with Crippen molar-refractivity contribution in [1.82, 2.24) is 25.8 Å². The van der Waals surface area contributed by atoms with E-state index in [0.29, 0.717) is 71.6 Å². The number of alkyl carbamates (subject to hydrolysis) is 1. The minimum Gasteiger partial charge on any atom is -1.00 e. The second-order valence-corrected chi connectivity index (χ2v) is 25.7. The molecule has 4 aromatic carbocycles. The fraction of sp³-hybridized carbons (Fsp3) is 0.507. The first-order valence-corrected chi connectivity index (χ1v) is 31.1. The van der Waals surface area contributed by atoms with E-state index < -0.39 is 71.6 Å². The zero-order valence-corrected chi connectivity index (χ0v) is 73.7. The first-order valence-electron chi connectivity index (χ1n) is 30.6. The predicted octanol–water partition coefficient (Wildman–Crippen LogP) is 5.68. The molecular formula is C67H95Cl3Cs2FN5O19. The molecule has 2 atom stereocenters. The van der Waals surface area contributed by atoms with Crippen LogP contribution in [0, 0.1) is 11.8 Å². The van der Waals surface area contributed by atoms with Gasteiger partial charge in [-0.3, -0.25) is 23.6 Å². The molecule has 24 nitrogen and oxygen atoms in total. The largest absolute Gasteiger partial charge is 1.00 e. The molecule has 0 heterocycles. The van der Waals surface area contributed by atoms with Gasteiger partial charge in [-0.25, -0.2) is 24.0 Å². The van der Waals surface area contributed by atoms with Crippen molar-refractivity contribution in [2.75, 3.05) is 54.0 Å². The summed E-state index contributed by atoms with van der Waals surface area (Å²) in [5.41, 5.74) is -1.37. The van der Waals surface area contributed by atoms with Gasteiger partial charge in [-0.15, -0.1) is 0 Å². The minimum absolute atomic E-state index is 0. The average molecular weight is 1670 g/mol. The molecule has 30 heteroatoms. The monoisotopic (exact) mass is 1660 g/mol. The van der Waals surface area contributed by atoms with Gasteiger partial charge in [0.15, 0.2) is 16.8 Å². The number of carboxylic acids is 1. The third kappa shape index (κ3) is 44.8. The van der Waals surface area contributed by atoms with Gasteiger partial charge in [0, 0.05) is 86.2 Å². The quantitative estimate of drug-likeness (QED) is 0.0106. The molecule has 0 aliphatic carbocycles. The van der Waals surface area contributed by atoms with Gasteiger partial charge in [0.1, 0.15) is 22.7 Å². The SMILES string of the molecule is CC(C)(Oc1ccc(CCNC(=O)c2ccc(Cl)cc2)cc1)C(=O)O.CC(C)C(Cl)OC(=O)N(C)CCCC(=O)OC(C)(C)C.CC(C)C(OC(=O)N(C)CCNC(=O)OC(C)(C)C)OC(=O)C(C)(C)Oc1ccc(CCNC(=O)c2ccc(Cl)cc2)cc1.O=CO[O-].[2H]CF.[Cs+].[Cs+].[H-]. The first-order chi connectivity index (χ1) is 44.6. The molecule has 0 radical (unpaired) electrons. The topological polar surface area (TPSA) is 313 Å². The molecule has 97 heavy (non-hydrogen) atoms. The van der Waals surface area contributed by atoms with Gasteiger partial charge in [0.2, 0.25) is 0 Å². The van der Waals surface area contributed by atoms with Crippen molar-refractivity contribution in [3.8, 4) is 11.5 Å². The molecule has 0 saturated heterocycles. The third-order valence-electron chi connectivity index (χ3n) is 12.0. The van der Waals surface area contributed by atoms with Crippen LogP contribution in [0.3, 0.4) is 0 Å². The molecule has 4 aromatic rings. The van der Waals surface area contributed by atoms with Crippen molar-refractivity contribution in [2.24, 2.45) is 11.8 Å².